The molecule has 1 atom stereocenters. The van der Waals surface area contributed by atoms with Gasteiger partial charge in [-0.05, 0) is 12.3 Å². The molecular weight excluding hydrogens is 260 g/mol. The van der Waals surface area contributed by atoms with E-state index >= 15 is 0 Å². The van der Waals surface area contributed by atoms with Crippen LogP contribution in [0.2, 0.25) is 0 Å². The summed E-state index contributed by atoms with van der Waals surface area (Å²) < 4.78 is 1.65. The van der Waals surface area contributed by atoms with Gasteiger partial charge < -0.3 is 15.7 Å². The molecule has 0 radical (unpaired) electrons. The topological polar surface area (TPSA) is 96.3 Å². The number of nitrogens with one attached hydrogen (secondary N) is 2. The average Bonchev–Trinajstić information content (AvgIpc) is 2.74. The van der Waals surface area contributed by atoms with Gasteiger partial charge in [-0.15, -0.1) is 0 Å². The Kier molecular flexibility index (Phi) is 6.02. The largest absolute Gasteiger partial charge is 0.481 e. The van der Waals surface area contributed by atoms with Crippen molar-refractivity contribution < 1.29 is 14.7 Å². The van der Waals surface area contributed by atoms with E-state index in [0.717, 1.165) is 12.1 Å². The zero-order chi connectivity index (χ0) is 15.1. The standard InChI is InChI=1S/C13H22N4O3/c1-4-9(6-12(18)19)7-14-13(20)15-11-8-17(3)16-10(11)5-2/h8-9H,4-7H2,1-3H3,(H,18,19)(H2,14,15,20). The van der Waals surface area contributed by atoms with E-state index in [-0.39, 0.29) is 18.4 Å². The summed E-state index contributed by atoms with van der Waals surface area (Å²) in [6.07, 6.45) is 3.24. The number of hydrogen-bond acceptors (Lipinski definition) is 3. The summed E-state index contributed by atoms with van der Waals surface area (Å²) >= 11 is 0. The Morgan fingerprint density at radius 2 is 2.15 bits per heavy atom. The summed E-state index contributed by atoms with van der Waals surface area (Å²) in [6, 6.07) is -0.337. The van der Waals surface area contributed by atoms with Crippen LogP contribution in [-0.4, -0.2) is 33.4 Å². The summed E-state index contributed by atoms with van der Waals surface area (Å²) in [6.45, 7) is 4.21. The van der Waals surface area contributed by atoms with Crippen molar-refractivity contribution in [1.82, 2.24) is 15.1 Å². The first kappa shape index (κ1) is 16.0. The number of carboxylic acids is 1. The smallest absolute Gasteiger partial charge is 0.319 e. The molecule has 1 aromatic heterocycles. The maximum Gasteiger partial charge on any atom is 0.319 e. The first-order valence-electron chi connectivity index (χ1n) is 6.75. The predicted molar refractivity (Wildman–Crippen MR) is 75.6 cm³/mol. The van der Waals surface area contributed by atoms with Crippen molar-refractivity contribution in [1.29, 1.82) is 0 Å². The normalized spacial score (nSPS) is 11.9. The maximum absolute atomic E-state index is 11.8. The second-order valence-electron chi connectivity index (χ2n) is 4.72. The van der Waals surface area contributed by atoms with E-state index in [1.54, 1.807) is 17.9 Å². The molecule has 7 nitrogen and oxygen atoms in total. The van der Waals surface area contributed by atoms with Crippen molar-refractivity contribution in [2.24, 2.45) is 13.0 Å². The molecule has 7 heteroatoms. The van der Waals surface area contributed by atoms with Crippen molar-refractivity contribution >= 4 is 17.7 Å². The highest BCUT2D eigenvalue weighted by molar-refractivity contribution is 5.89. The van der Waals surface area contributed by atoms with Gasteiger partial charge in [0.05, 0.1) is 11.4 Å². The molecule has 0 saturated heterocycles. The van der Waals surface area contributed by atoms with Gasteiger partial charge in [-0.1, -0.05) is 20.3 Å². The third kappa shape index (κ3) is 4.91. The van der Waals surface area contributed by atoms with Crippen LogP contribution < -0.4 is 10.6 Å². The molecule has 112 valence electrons. The van der Waals surface area contributed by atoms with E-state index in [2.05, 4.69) is 15.7 Å². The number of aromatic nitrogens is 2. The Labute approximate surface area is 118 Å². The molecule has 2 amide bonds. The lowest BCUT2D eigenvalue weighted by atomic mass is 10.0. The Morgan fingerprint density at radius 1 is 1.45 bits per heavy atom. The number of rotatable bonds is 7. The predicted octanol–water partition coefficient (Wildman–Crippen LogP) is 1.60. The van der Waals surface area contributed by atoms with E-state index < -0.39 is 5.97 Å². The van der Waals surface area contributed by atoms with Crippen molar-refractivity contribution in [2.75, 3.05) is 11.9 Å². The zero-order valence-electron chi connectivity index (χ0n) is 12.1. The number of urea groups is 1. The second-order valence-corrected chi connectivity index (χ2v) is 4.72. The van der Waals surface area contributed by atoms with Crippen molar-refractivity contribution in [3.8, 4) is 0 Å². The molecule has 0 aliphatic heterocycles. The van der Waals surface area contributed by atoms with E-state index in [9.17, 15) is 9.59 Å². The molecule has 1 rings (SSSR count). The third-order valence-electron chi connectivity index (χ3n) is 3.08. The maximum atomic E-state index is 11.8. The SMILES string of the molecule is CCc1nn(C)cc1NC(=O)NCC(CC)CC(=O)O. The summed E-state index contributed by atoms with van der Waals surface area (Å²) in [5.41, 5.74) is 1.50. The summed E-state index contributed by atoms with van der Waals surface area (Å²) in [5, 5.41) is 18.4. The minimum absolute atomic E-state index is 0.0576. The van der Waals surface area contributed by atoms with Crippen LogP contribution >= 0.6 is 0 Å². The molecule has 0 spiro atoms. The highest BCUT2D eigenvalue weighted by Crippen LogP contribution is 2.13. The van der Waals surface area contributed by atoms with Gasteiger partial charge in [-0.3, -0.25) is 9.48 Å². The van der Waals surface area contributed by atoms with Crippen LogP contribution in [0, 0.1) is 5.92 Å². The van der Waals surface area contributed by atoms with E-state index in [4.69, 9.17) is 5.11 Å². The first-order chi connectivity index (χ1) is 9.46. The second kappa shape index (κ2) is 7.52. The van der Waals surface area contributed by atoms with Gasteiger partial charge in [0.1, 0.15) is 0 Å². The number of nitrogens with zero attached hydrogens (tertiary/aromatic N) is 2. The van der Waals surface area contributed by atoms with E-state index in [0.29, 0.717) is 18.7 Å². The van der Waals surface area contributed by atoms with Crippen LogP contribution in [0.5, 0.6) is 0 Å². The molecule has 0 aromatic carbocycles. The molecule has 0 aliphatic rings. The average molecular weight is 282 g/mol. The first-order valence-corrected chi connectivity index (χ1v) is 6.75. The molecule has 0 fully saturated rings. The fourth-order valence-corrected chi connectivity index (χ4v) is 1.91. The van der Waals surface area contributed by atoms with Gasteiger partial charge in [0.2, 0.25) is 0 Å². The van der Waals surface area contributed by atoms with Crippen molar-refractivity contribution in [2.45, 2.75) is 33.1 Å². The van der Waals surface area contributed by atoms with E-state index in [1.165, 1.54) is 0 Å². The van der Waals surface area contributed by atoms with Crippen LogP contribution in [-0.2, 0) is 18.3 Å². The highest BCUT2D eigenvalue weighted by Gasteiger charge is 2.14. The number of anilines is 1. The Balaban J connectivity index is 2.48. The lowest BCUT2D eigenvalue weighted by molar-refractivity contribution is -0.138. The molecule has 1 unspecified atom stereocenters. The third-order valence-corrected chi connectivity index (χ3v) is 3.08. The monoisotopic (exact) mass is 282 g/mol. The lowest BCUT2D eigenvalue weighted by Crippen LogP contribution is -2.33. The molecule has 1 heterocycles. The molecule has 0 aliphatic carbocycles. The minimum atomic E-state index is -0.848. The van der Waals surface area contributed by atoms with Gasteiger partial charge in [-0.25, -0.2) is 4.79 Å². The molecule has 0 bridgehead atoms. The number of carbonyl (C=O) groups is 2. The van der Waals surface area contributed by atoms with Crippen LogP contribution in [0.25, 0.3) is 0 Å². The molecule has 3 N–H and O–H groups in total. The van der Waals surface area contributed by atoms with Gasteiger partial charge in [0.25, 0.3) is 0 Å². The number of amides is 2. The van der Waals surface area contributed by atoms with Crippen molar-refractivity contribution in [3.63, 3.8) is 0 Å². The minimum Gasteiger partial charge on any atom is -0.481 e. The number of hydrogen-bond donors (Lipinski definition) is 3. The van der Waals surface area contributed by atoms with Crippen LogP contribution in [0.15, 0.2) is 6.20 Å². The van der Waals surface area contributed by atoms with Crippen LogP contribution in [0.4, 0.5) is 10.5 Å². The number of carboxylic acid groups (broad SMARTS) is 1. The van der Waals surface area contributed by atoms with Crippen LogP contribution in [0.1, 0.15) is 32.4 Å². The zero-order valence-corrected chi connectivity index (χ0v) is 12.1. The van der Waals surface area contributed by atoms with Gasteiger partial charge in [0.15, 0.2) is 0 Å². The van der Waals surface area contributed by atoms with Gasteiger partial charge >= 0.3 is 12.0 Å². The fourth-order valence-electron chi connectivity index (χ4n) is 1.91. The fraction of sp³-hybridized carbons (Fsp3) is 0.615. The molecule has 1 aromatic rings. The Hall–Kier alpha value is -2.05. The van der Waals surface area contributed by atoms with Gasteiger partial charge in [-0.2, -0.15) is 5.10 Å². The summed E-state index contributed by atoms with van der Waals surface area (Å²) in [5.74, 6) is -0.905. The molecular formula is C13H22N4O3. The van der Waals surface area contributed by atoms with E-state index in [1.807, 2.05) is 13.8 Å². The lowest BCUT2D eigenvalue weighted by Gasteiger charge is -2.13. The number of aliphatic carboxylic acids is 1. The highest BCUT2D eigenvalue weighted by atomic mass is 16.4. The summed E-state index contributed by atoms with van der Waals surface area (Å²) in [7, 11) is 1.79. The summed E-state index contributed by atoms with van der Waals surface area (Å²) in [4.78, 5) is 22.4. The quantitative estimate of drug-likeness (QED) is 0.707. The Morgan fingerprint density at radius 3 is 2.70 bits per heavy atom. The molecule has 20 heavy (non-hydrogen) atoms. The Bertz CT molecular complexity index is 470. The molecule has 0 saturated carbocycles. The van der Waals surface area contributed by atoms with Gasteiger partial charge in [0, 0.05) is 26.2 Å². The van der Waals surface area contributed by atoms with Crippen molar-refractivity contribution in [3.05, 3.63) is 11.9 Å². The van der Waals surface area contributed by atoms with Crippen LogP contribution in [0.3, 0.4) is 0 Å². The number of carbonyl (C=O) groups excluding carboxylic acids is 1. The number of aryl methyl sites for hydroxylation is 2.